The predicted molar refractivity (Wildman–Crippen MR) is 47.9 cm³/mol. The van der Waals surface area contributed by atoms with E-state index in [1.165, 1.54) is 6.07 Å². The quantitative estimate of drug-likeness (QED) is 0.717. The van der Waals surface area contributed by atoms with E-state index < -0.39 is 5.91 Å². The molecule has 0 unspecified atom stereocenters. The van der Waals surface area contributed by atoms with Crippen LogP contribution in [-0.4, -0.2) is 5.91 Å². The van der Waals surface area contributed by atoms with Crippen LogP contribution in [0.2, 0.25) is 5.02 Å². The molecule has 0 saturated carbocycles. The smallest absolute Gasteiger partial charge is 0.248 e. The fourth-order valence-corrected chi connectivity index (χ4v) is 1.12. The van der Waals surface area contributed by atoms with Crippen molar-refractivity contribution in [1.82, 2.24) is 0 Å². The topological polar surface area (TPSA) is 69.1 Å². The van der Waals surface area contributed by atoms with E-state index in [1.54, 1.807) is 12.1 Å². The Bertz CT molecular complexity index is 312. The molecule has 64 valence electrons. The fraction of sp³-hybridized carbons (Fsp3) is 0.125. The van der Waals surface area contributed by atoms with Crippen molar-refractivity contribution in [2.45, 2.75) is 6.54 Å². The molecule has 0 heterocycles. The van der Waals surface area contributed by atoms with Gasteiger partial charge in [0.05, 0.1) is 0 Å². The number of hydrogen-bond acceptors (Lipinski definition) is 2. The largest absolute Gasteiger partial charge is 0.366 e. The summed E-state index contributed by atoms with van der Waals surface area (Å²) in [7, 11) is 0. The van der Waals surface area contributed by atoms with Gasteiger partial charge >= 0.3 is 0 Å². The van der Waals surface area contributed by atoms with Gasteiger partial charge < -0.3 is 11.5 Å². The number of amides is 1. The van der Waals surface area contributed by atoms with Crippen molar-refractivity contribution in [2.24, 2.45) is 11.5 Å². The Labute approximate surface area is 75.3 Å². The molecule has 1 rings (SSSR count). The number of primary amides is 1. The monoisotopic (exact) mass is 184 g/mol. The Kier molecular flexibility index (Phi) is 2.68. The third-order valence-electron chi connectivity index (χ3n) is 1.56. The molecule has 0 atom stereocenters. The highest BCUT2D eigenvalue weighted by Gasteiger charge is 2.03. The molecule has 0 saturated heterocycles. The van der Waals surface area contributed by atoms with Crippen molar-refractivity contribution in [3.8, 4) is 0 Å². The summed E-state index contributed by atoms with van der Waals surface area (Å²) in [6.45, 7) is 0.359. The Morgan fingerprint density at radius 3 is 2.58 bits per heavy atom. The minimum atomic E-state index is -0.486. The number of carbonyl (C=O) groups is 1. The molecule has 0 aliphatic rings. The molecule has 0 aliphatic heterocycles. The first-order chi connectivity index (χ1) is 5.65. The first-order valence-electron chi connectivity index (χ1n) is 3.43. The summed E-state index contributed by atoms with van der Waals surface area (Å²) >= 11 is 5.79. The fourth-order valence-electron chi connectivity index (χ4n) is 0.866. The lowest BCUT2D eigenvalue weighted by atomic mass is 10.1. The summed E-state index contributed by atoms with van der Waals surface area (Å²) in [5.41, 5.74) is 11.6. The van der Waals surface area contributed by atoms with Gasteiger partial charge in [0.2, 0.25) is 5.91 Å². The van der Waals surface area contributed by atoms with Gasteiger partial charge in [-0.3, -0.25) is 4.79 Å². The van der Waals surface area contributed by atoms with Gasteiger partial charge in [-0.15, -0.1) is 0 Å². The zero-order chi connectivity index (χ0) is 9.14. The van der Waals surface area contributed by atoms with Gasteiger partial charge in [-0.2, -0.15) is 0 Å². The minimum absolute atomic E-state index is 0.359. The van der Waals surface area contributed by atoms with Crippen LogP contribution in [-0.2, 0) is 6.54 Å². The first kappa shape index (κ1) is 9.03. The minimum Gasteiger partial charge on any atom is -0.366 e. The molecule has 3 nitrogen and oxygen atoms in total. The SMILES string of the molecule is NCc1ccc(C(N)=O)cc1Cl. The van der Waals surface area contributed by atoms with Crippen molar-refractivity contribution in [2.75, 3.05) is 0 Å². The molecule has 4 N–H and O–H groups in total. The van der Waals surface area contributed by atoms with E-state index in [-0.39, 0.29) is 0 Å². The molecule has 1 amide bonds. The maximum absolute atomic E-state index is 10.7. The molecule has 1 aromatic rings. The van der Waals surface area contributed by atoms with Crippen molar-refractivity contribution < 1.29 is 4.79 Å². The average Bonchev–Trinajstić information content (AvgIpc) is 2.04. The number of hydrogen-bond donors (Lipinski definition) is 2. The van der Waals surface area contributed by atoms with Gasteiger partial charge in [0.25, 0.3) is 0 Å². The zero-order valence-electron chi connectivity index (χ0n) is 6.38. The normalized spacial score (nSPS) is 9.83. The van der Waals surface area contributed by atoms with Crippen LogP contribution in [0.5, 0.6) is 0 Å². The Morgan fingerprint density at radius 1 is 1.50 bits per heavy atom. The lowest BCUT2D eigenvalue weighted by Gasteiger charge is -2.01. The van der Waals surface area contributed by atoms with Crippen LogP contribution in [0.4, 0.5) is 0 Å². The summed E-state index contributed by atoms with van der Waals surface area (Å²) in [6, 6.07) is 4.82. The van der Waals surface area contributed by atoms with Crippen LogP contribution in [0.1, 0.15) is 15.9 Å². The maximum atomic E-state index is 10.7. The summed E-state index contributed by atoms with van der Waals surface area (Å²) in [4.78, 5) is 10.7. The number of halogens is 1. The molecule has 0 aromatic heterocycles. The number of rotatable bonds is 2. The predicted octanol–water partition coefficient (Wildman–Crippen LogP) is 0.898. The summed E-state index contributed by atoms with van der Waals surface area (Å²) in [5, 5.41) is 0.480. The van der Waals surface area contributed by atoms with Crippen LogP contribution in [0, 0.1) is 0 Å². The van der Waals surface area contributed by atoms with E-state index in [4.69, 9.17) is 23.1 Å². The zero-order valence-corrected chi connectivity index (χ0v) is 7.14. The van der Waals surface area contributed by atoms with E-state index in [0.717, 1.165) is 5.56 Å². The second kappa shape index (κ2) is 3.56. The molecule has 0 spiro atoms. The van der Waals surface area contributed by atoms with Crippen LogP contribution >= 0.6 is 11.6 Å². The molecule has 0 fully saturated rings. The van der Waals surface area contributed by atoms with Crippen LogP contribution in [0.25, 0.3) is 0 Å². The lowest BCUT2D eigenvalue weighted by Crippen LogP contribution is -2.11. The molecular weight excluding hydrogens is 176 g/mol. The first-order valence-corrected chi connectivity index (χ1v) is 3.81. The highest BCUT2D eigenvalue weighted by molar-refractivity contribution is 6.31. The number of nitrogens with two attached hydrogens (primary N) is 2. The van der Waals surface area contributed by atoms with Gasteiger partial charge in [0.15, 0.2) is 0 Å². The molecule has 0 aliphatic carbocycles. The standard InChI is InChI=1S/C8H9ClN2O/c9-7-3-5(8(11)12)1-2-6(7)4-10/h1-3H,4,10H2,(H2,11,12). The average molecular weight is 185 g/mol. The van der Waals surface area contributed by atoms with E-state index in [2.05, 4.69) is 0 Å². The van der Waals surface area contributed by atoms with Crippen molar-refractivity contribution in [3.05, 3.63) is 34.3 Å². The van der Waals surface area contributed by atoms with Crippen LogP contribution in [0.3, 0.4) is 0 Å². The van der Waals surface area contributed by atoms with Gasteiger partial charge in [-0.1, -0.05) is 17.7 Å². The Balaban J connectivity index is 3.10. The van der Waals surface area contributed by atoms with Gasteiger partial charge in [0.1, 0.15) is 0 Å². The van der Waals surface area contributed by atoms with Crippen molar-refractivity contribution >= 4 is 17.5 Å². The third kappa shape index (κ3) is 1.75. The highest BCUT2D eigenvalue weighted by Crippen LogP contribution is 2.16. The Morgan fingerprint density at radius 2 is 2.17 bits per heavy atom. The van der Waals surface area contributed by atoms with Crippen LogP contribution in [0.15, 0.2) is 18.2 Å². The molecule has 4 heteroatoms. The van der Waals surface area contributed by atoms with Crippen LogP contribution < -0.4 is 11.5 Å². The molecule has 1 aromatic carbocycles. The molecule has 12 heavy (non-hydrogen) atoms. The highest BCUT2D eigenvalue weighted by atomic mass is 35.5. The number of benzene rings is 1. The van der Waals surface area contributed by atoms with Crippen molar-refractivity contribution in [3.63, 3.8) is 0 Å². The van der Waals surface area contributed by atoms with E-state index >= 15 is 0 Å². The molecule has 0 bridgehead atoms. The van der Waals surface area contributed by atoms with Gasteiger partial charge in [-0.05, 0) is 17.7 Å². The number of carbonyl (C=O) groups excluding carboxylic acids is 1. The van der Waals surface area contributed by atoms with Gasteiger partial charge in [-0.25, -0.2) is 0 Å². The van der Waals surface area contributed by atoms with Crippen molar-refractivity contribution in [1.29, 1.82) is 0 Å². The lowest BCUT2D eigenvalue weighted by molar-refractivity contribution is 0.100. The summed E-state index contributed by atoms with van der Waals surface area (Å²) < 4.78 is 0. The van der Waals surface area contributed by atoms with E-state index in [0.29, 0.717) is 17.1 Å². The summed E-state index contributed by atoms with van der Waals surface area (Å²) in [5.74, 6) is -0.486. The second-order valence-corrected chi connectivity index (χ2v) is 2.78. The van der Waals surface area contributed by atoms with E-state index in [1.807, 2.05) is 0 Å². The second-order valence-electron chi connectivity index (χ2n) is 2.37. The van der Waals surface area contributed by atoms with Gasteiger partial charge in [0, 0.05) is 17.1 Å². The third-order valence-corrected chi connectivity index (χ3v) is 1.91. The maximum Gasteiger partial charge on any atom is 0.248 e. The van der Waals surface area contributed by atoms with E-state index in [9.17, 15) is 4.79 Å². The summed E-state index contributed by atoms with van der Waals surface area (Å²) in [6.07, 6.45) is 0. The molecular formula is C8H9ClN2O. The molecule has 0 radical (unpaired) electrons. The Hall–Kier alpha value is -1.06.